The van der Waals surface area contributed by atoms with Crippen molar-refractivity contribution < 1.29 is 8.78 Å². The number of benzene rings is 1. The van der Waals surface area contributed by atoms with Crippen LogP contribution in [-0.4, -0.2) is 10.2 Å². The number of nitrogens with zero attached hydrogens (tertiary/aromatic N) is 2. The molecule has 0 N–H and O–H groups in total. The van der Waals surface area contributed by atoms with Crippen molar-refractivity contribution >= 4 is 35.0 Å². The van der Waals surface area contributed by atoms with Crippen LogP contribution >= 0.6 is 35.0 Å². The lowest BCUT2D eigenvalue weighted by atomic mass is 10.3. The van der Waals surface area contributed by atoms with Gasteiger partial charge in [-0.2, -0.15) is 0 Å². The predicted molar refractivity (Wildman–Crippen MR) is 62.5 cm³/mol. The van der Waals surface area contributed by atoms with Crippen LogP contribution in [0.25, 0.3) is 0 Å². The van der Waals surface area contributed by atoms with Crippen molar-refractivity contribution in [1.29, 1.82) is 0 Å². The van der Waals surface area contributed by atoms with E-state index in [1.165, 1.54) is 12.1 Å². The molecule has 1 aromatic carbocycles. The van der Waals surface area contributed by atoms with E-state index in [2.05, 4.69) is 10.2 Å². The lowest BCUT2D eigenvalue weighted by Crippen LogP contribution is -1.87. The summed E-state index contributed by atoms with van der Waals surface area (Å²) in [7, 11) is 0. The SMILES string of the molecule is Fc1ccc(Sc2cc(Cl)nnc2Cl)cc1F. The minimum absolute atomic E-state index is 0.157. The highest BCUT2D eigenvalue weighted by Gasteiger charge is 2.08. The van der Waals surface area contributed by atoms with Crippen molar-refractivity contribution in [2.75, 3.05) is 0 Å². The summed E-state index contributed by atoms with van der Waals surface area (Å²) in [6, 6.07) is 5.06. The number of hydrogen-bond donors (Lipinski definition) is 0. The first-order valence-corrected chi connectivity index (χ1v) is 5.95. The monoisotopic (exact) mass is 292 g/mol. The van der Waals surface area contributed by atoms with Gasteiger partial charge in [0.05, 0.1) is 4.90 Å². The fourth-order valence-electron chi connectivity index (χ4n) is 1.08. The molecule has 0 radical (unpaired) electrons. The van der Waals surface area contributed by atoms with E-state index in [9.17, 15) is 8.78 Å². The number of halogens is 4. The van der Waals surface area contributed by atoms with Gasteiger partial charge in [-0.15, -0.1) is 10.2 Å². The zero-order valence-corrected chi connectivity index (χ0v) is 10.5. The molecule has 0 aliphatic carbocycles. The van der Waals surface area contributed by atoms with Crippen molar-refractivity contribution in [3.8, 4) is 0 Å². The van der Waals surface area contributed by atoms with Gasteiger partial charge in [-0.3, -0.25) is 0 Å². The van der Waals surface area contributed by atoms with Gasteiger partial charge >= 0.3 is 0 Å². The molecular formula is C10H4Cl2F2N2S. The third-order valence-electron chi connectivity index (χ3n) is 1.81. The maximum Gasteiger partial charge on any atom is 0.165 e. The van der Waals surface area contributed by atoms with Gasteiger partial charge in [0.2, 0.25) is 0 Å². The van der Waals surface area contributed by atoms with E-state index < -0.39 is 11.6 Å². The van der Waals surface area contributed by atoms with Crippen LogP contribution in [0.15, 0.2) is 34.1 Å². The van der Waals surface area contributed by atoms with E-state index in [1.54, 1.807) is 0 Å². The van der Waals surface area contributed by atoms with Gasteiger partial charge in [0.1, 0.15) is 0 Å². The Morgan fingerprint density at radius 1 is 1.00 bits per heavy atom. The first-order valence-electron chi connectivity index (χ1n) is 4.38. The molecule has 0 unspecified atom stereocenters. The maximum atomic E-state index is 13.0. The summed E-state index contributed by atoms with van der Waals surface area (Å²) in [6.07, 6.45) is 0. The lowest BCUT2D eigenvalue weighted by molar-refractivity contribution is 0.506. The molecule has 0 amide bonds. The standard InChI is InChI=1S/C10H4Cl2F2N2S/c11-9-4-8(10(12)16-15-9)17-5-1-2-6(13)7(14)3-5/h1-4H. The van der Waals surface area contributed by atoms with Gasteiger partial charge in [0.15, 0.2) is 21.9 Å². The molecule has 0 atom stereocenters. The van der Waals surface area contributed by atoms with Crippen LogP contribution in [0.5, 0.6) is 0 Å². The Kier molecular flexibility index (Phi) is 3.81. The first-order chi connectivity index (χ1) is 8.06. The van der Waals surface area contributed by atoms with E-state index in [-0.39, 0.29) is 10.3 Å². The molecular weight excluding hydrogens is 289 g/mol. The molecule has 17 heavy (non-hydrogen) atoms. The lowest BCUT2D eigenvalue weighted by Gasteiger charge is -2.03. The van der Waals surface area contributed by atoms with E-state index in [0.29, 0.717) is 9.79 Å². The third kappa shape index (κ3) is 3.06. The van der Waals surface area contributed by atoms with Crippen LogP contribution in [0.4, 0.5) is 8.78 Å². The van der Waals surface area contributed by atoms with Crippen LogP contribution in [0.2, 0.25) is 10.3 Å². The van der Waals surface area contributed by atoms with Gasteiger partial charge < -0.3 is 0 Å². The molecule has 0 spiro atoms. The van der Waals surface area contributed by atoms with Crippen molar-refractivity contribution in [2.24, 2.45) is 0 Å². The van der Waals surface area contributed by atoms with Crippen LogP contribution in [0.1, 0.15) is 0 Å². The fraction of sp³-hybridized carbons (Fsp3) is 0. The Morgan fingerprint density at radius 3 is 2.47 bits per heavy atom. The molecule has 1 heterocycles. The van der Waals surface area contributed by atoms with Crippen LogP contribution in [-0.2, 0) is 0 Å². The number of aromatic nitrogens is 2. The highest BCUT2D eigenvalue weighted by atomic mass is 35.5. The predicted octanol–water partition coefficient (Wildman–Crippen LogP) is 4.21. The van der Waals surface area contributed by atoms with E-state index >= 15 is 0 Å². The molecule has 7 heteroatoms. The molecule has 0 fully saturated rings. The maximum absolute atomic E-state index is 13.0. The molecule has 0 aliphatic heterocycles. The molecule has 2 aromatic rings. The molecule has 0 aliphatic rings. The summed E-state index contributed by atoms with van der Waals surface area (Å²) in [5.41, 5.74) is 0. The second-order valence-corrected chi connectivity index (χ2v) is 4.86. The topological polar surface area (TPSA) is 25.8 Å². The summed E-state index contributed by atoms with van der Waals surface area (Å²) >= 11 is 12.6. The second-order valence-electron chi connectivity index (χ2n) is 3.00. The average Bonchev–Trinajstić information content (AvgIpc) is 2.29. The van der Waals surface area contributed by atoms with Crippen molar-refractivity contribution in [3.63, 3.8) is 0 Å². The number of rotatable bonds is 2. The summed E-state index contributed by atoms with van der Waals surface area (Å²) in [5.74, 6) is -1.81. The largest absolute Gasteiger partial charge is 0.204 e. The minimum atomic E-state index is -0.917. The Hall–Kier alpha value is -0.910. The Morgan fingerprint density at radius 2 is 1.76 bits per heavy atom. The van der Waals surface area contributed by atoms with Gasteiger partial charge in [-0.1, -0.05) is 35.0 Å². The molecule has 0 saturated heterocycles. The second kappa shape index (κ2) is 5.16. The van der Waals surface area contributed by atoms with Crippen molar-refractivity contribution in [2.45, 2.75) is 9.79 Å². The fourth-order valence-corrected chi connectivity index (χ4v) is 2.34. The summed E-state index contributed by atoms with van der Waals surface area (Å²) in [6.45, 7) is 0. The Balaban J connectivity index is 2.31. The van der Waals surface area contributed by atoms with Crippen molar-refractivity contribution in [1.82, 2.24) is 10.2 Å². The van der Waals surface area contributed by atoms with E-state index in [0.717, 1.165) is 23.9 Å². The van der Waals surface area contributed by atoms with Crippen LogP contribution in [0, 0.1) is 11.6 Å². The van der Waals surface area contributed by atoms with Gasteiger partial charge in [-0.25, -0.2) is 8.78 Å². The van der Waals surface area contributed by atoms with Gasteiger partial charge in [0.25, 0.3) is 0 Å². The van der Waals surface area contributed by atoms with E-state index in [4.69, 9.17) is 23.2 Å². The highest BCUT2D eigenvalue weighted by Crippen LogP contribution is 2.33. The quantitative estimate of drug-likeness (QED) is 0.829. The van der Waals surface area contributed by atoms with Crippen LogP contribution < -0.4 is 0 Å². The average molecular weight is 293 g/mol. The molecule has 2 rings (SSSR count). The first kappa shape index (κ1) is 12.5. The molecule has 2 nitrogen and oxygen atoms in total. The van der Waals surface area contributed by atoms with E-state index in [1.807, 2.05) is 0 Å². The minimum Gasteiger partial charge on any atom is -0.204 e. The molecule has 0 bridgehead atoms. The summed E-state index contributed by atoms with van der Waals surface area (Å²) < 4.78 is 25.7. The van der Waals surface area contributed by atoms with Gasteiger partial charge in [0, 0.05) is 4.90 Å². The van der Waals surface area contributed by atoms with Crippen molar-refractivity contribution in [3.05, 3.63) is 46.2 Å². The third-order valence-corrected chi connectivity index (χ3v) is 3.40. The van der Waals surface area contributed by atoms with Gasteiger partial charge in [-0.05, 0) is 24.3 Å². The molecule has 88 valence electrons. The molecule has 0 saturated carbocycles. The number of hydrogen-bond acceptors (Lipinski definition) is 3. The zero-order valence-electron chi connectivity index (χ0n) is 8.12. The Bertz CT molecular complexity index is 566. The molecule has 1 aromatic heterocycles. The normalized spacial score (nSPS) is 10.6. The Labute approximate surface area is 110 Å². The summed E-state index contributed by atoms with van der Waals surface area (Å²) in [5, 5.41) is 7.50. The van der Waals surface area contributed by atoms with Crippen LogP contribution in [0.3, 0.4) is 0 Å². The highest BCUT2D eigenvalue weighted by molar-refractivity contribution is 7.99. The smallest absolute Gasteiger partial charge is 0.165 e. The zero-order chi connectivity index (χ0) is 12.4. The summed E-state index contributed by atoms with van der Waals surface area (Å²) in [4.78, 5) is 1.02.